The number of hydrogen-bond acceptors (Lipinski definition) is 3. The number of benzene rings is 2. The molecule has 2 rings (SSSR count). The van der Waals surface area contributed by atoms with E-state index < -0.39 is 12.7 Å². The van der Waals surface area contributed by atoms with Crippen LogP contribution >= 0.6 is 24.0 Å². The molecule has 0 saturated carbocycles. The van der Waals surface area contributed by atoms with Gasteiger partial charge in [0.1, 0.15) is 11.6 Å². The highest BCUT2D eigenvalue weighted by atomic mass is 127. The molecule has 0 amide bonds. The molecule has 0 saturated heterocycles. The quantitative estimate of drug-likeness (QED) is 0.277. The van der Waals surface area contributed by atoms with Gasteiger partial charge in [-0.05, 0) is 37.6 Å². The first-order valence-corrected chi connectivity index (χ1v) is 8.89. The standard InChI is InChI=1S/C20H24F3N3O2.HI/c1-3-24-20(26-12-17(27)14-5-7-16(21)8-6-14)25-11-15-10-13(2)4-9-18(15)28-19(22)23;/h4-10,17,19,27H,3,11-12H2,1-2H3,(H2,24,25,26);1H. The first-order valence-electron chi connectivity index (χ1n) is 8.89. The number of aliphatic hydroxyl groups excluding tert-OH is 1. The van der Waals surface area contributed by atoms with E-state index in [4.69, 9.17) is 0 Å². The highest BCUT2D eigenvalue weighted by molar-refractivity contribution is 14.0. The molecule has 0 bridgehead atoms. The highest BCUT2D eigenvalue weighted by Crippen LogP contribution is 2.23. The van der Waals surface area contributed by atoms with E-state index in [2.05, 4.69) is 20.4 Å². The minimum atomic E-state index is -2.91. The highest BCUT2D eigenvalue weighted by Gasteiger charge is 2.11. The number of nitrogens with one attached hydrogen (secondary N) is 2. The number of aliphatic imine (C=N–C) groups is 1. The maximum atomic E-state index is 13.0. The molecular weight excluding hydrogens is 498 g/mol. The molecule has 1 atom stereocenters. The lowest BCUT2D eigenvalue weighted by Crippen LogP contribution is -2.39. The van der Waals surface area contributed by atoms with Crippen molar-refractivity contribution in [3.63, 3.8) is 0 Å². The summed E-state index contributed by atoms with van der Waals surface area (Å²) in [5, 5.41) is 16.2. The predicted octanol–water partition coefficient (Wildman–Crippen LogP) is 4.14. The summed E-state index contributed by atoms with van der Waals surface area (Å²) in [6.07, 6.45) is -0.860. The lowest BCUT2D eigenvalue weighted by atomic mass is 10.1. The topological polar surface area (TPSA) is 65.9 Å². The number of aryl methyl sites for hydroxylation is 1. The second-order valence-electron chi connectivity index (χ2n) is 6.13. The molecule has 1 unspecified atom stereocenters. The fourth-order valence-corrected chi connectivity index (χ4v) is 2.54. The molecule has 0 aliphatic heterocycles. The molecule has 5 nitrogen and oxygen atoms in total. The van der Waals surface area contributed by atoms with Gasteiger partial charge >= 0.3 is 6.61 Å². The van der Waals surface area contributed by atoms with E-state index in [1.165, 1.54) is 30.3 Å². The van der Waals surface area contributed by atoms with Gasteiger partial charge in [-0.15, -0.1) is 24.0 Å². The Morgan fingerprint density at radius 3 is 2.45 bits per heavy atom. The zero-order chi connectivity index (χ0) is 20.5. The summed E-state index contributed by atoms with van der Waals surface area (Å²) in [6.45, 7) is 1.65. The fraction of sp³-hybridized carbons (Fsp3) is 0.350. The summed E-state index contributed by atoms with van der Waals surface area (Å²) in [4.78, 5) is 4.37. The van der Waals surface area contributed by atoms with Crippen LogP contribution < -0.4 is 15.4 Å². The van der Waals surface area contributed by atoms with Crippen molar-refractivity contribution < 1.29 is 23.0 Å². The van der Waals surface area contributed by atoms with Crippen molar-refractivity contribution in [2.75, 3.05) is 13.1 Å². The summed E-state index contributed by atoms with van der Waals surface area (Å²) >= 11 is 0. The van der Waals surface area contributed by atoms with E-state index in [0.717, 1.165) is 5.56 Å². The third-order valence-electron chi connectivity index (χ3n) is 3.90. The summed E-state index contributed by atoms with van der Waals surface area (Å²) in [7, 11) is 0. The van der Waals surface area contributed by atoms with Crippen LogP contribution in [-0.4, -0.2) is 30.8 Å². The van der Waals surface area contributed by atoms with Crippen LogP contribution in [0.25, 0.3) is 0 Å². The van der Waals surface area contributed by atoms with E-state index in [1.807, 2.05) is 13.8 Å². The molecule has 3 N–H and O–H groups in total. The van der Waals surface area contributed by atoms with E-state index in [0.29, 0.717) is 23.6 Å². The maximum absolute atomic E-state index is 13.0. The molecule has 0 spiro atoms. The van der Waals surface area contributed by atoms with E-state index in [-0.39, 0.29) is 48.6 Å². The number of guanidine groups is 1. The predicted molar refractivity (Wildman–Crippen MR) is 117 cm³/mol. The fourth-order valence-electron chi connectivity index (χ4n) is 2.54. The molecule has 160 valence electrons. The van der Waals surface area contributed by atoms with Crippen molar-refractivity contribution in [3.8, 4) is 5.75 Å². The molecule has 9 heteroatoms. The molecule has 2 aromatic rings. The van der Waals surface area contributed by atoms with Gasteiger partial charge in [-0.1, -0.05) is 29.8 Å². The Morgan fingerprint density at radius 2 is 1.83 bits per heavy atom. The second kappa shape index (κ2) is 12.5. The van der Waals surface area contributed by atoms with Crippen LogP contribution in [0.2, 0.25) is 0 Å². The number of alkyl halides is 2. The van der Waals surface area contributed by atoms with Crippen molar-refractivity contribution in [1.82, 2.24) is 10.6 Å². The van der Waals surface area contributed by atoms with Crippen molar-refractivity contribution in [2.45, 2.75) is 33.1 Å². The Labute approximate surface area is 185 Å². The number of hydrogen-bond donors (Lipinski definition) is 3. The molecular formula is C20H25F3IN3O2. The lowest BCUT2D eigenvalue weighted by Gasteiger charge is -2.16. The van der Waals surface area contributed by atoms with Crippen LogP contribution in [0.1, 0.15) is 29.7 Å². The van der Waals surface area contributed by atoms with Crippen molar-refractivity contribution in [1.29, 1.82) is 0 Å². The Bertz CT molecular complexity index is 789. The van der Waals surface area contributed by atoms with Crippen LogP contribution in [0, 0.1) is 12.7 Å². The summed E-state index contributed by atoms with van der Waals surface area (Å²) in [5.74, 6) is 0.110. The van der Waals surface area contributed by atoms with Gasteiger partial charge in [-0.2, -0.15) is 8.78 Å². The first-order chi connectivity index (χ1) is 13.4. The second-order valence-corrected chi connectivity index (χ2v) is 6.13. The van der Waals surface area contributed by atoms with Crippen LogP contribution in [0.15, 0.2) is 47.5 Å². The number of halogens is 4. The van der Waals surface area contributed by atoms with Crippen LogP contribution in [-0.2, 0) is 6.54 Å². The monoisotopic (exact) mass is 523 g/mol. The lowest BCUT2D eigenvalue weighted by molar-refractivity contribution is -0.0504. The SMILES string of the molecule is CCNC(=NCc1cc(C)ccc1OC(F)F)NCC(O)c1ccc(F)cc1.I. The van der Waals surface area contributed by atoms with Gasteiger partial charge in [0, 0.05) is 18.7 Å². The molecule has 2 aromatic carbocycles. The summed E-state index contributed by atoms with van der Waals surface area (Å²) in [6, 6.07) is 10.5. The average Bonchev–Trinajstić information content (AvgIpc) is 2.66. The van der Waals surface area contributed by atoms with Gasteiger partial charge in [-0.3, -0.25) is 0 Å². The zero-order valence-corrected chi connectivity index (χ0v) is 18.5. The van der Waals surface area contributed by atoms with E-state index >= 15 is 0 Å². The molecule has 0 aromatic heterocycles. The van der Waals surface area contributed by atoms with Crippen LogP contribution in [0.5, 0.6) is 5.75 Å². The van der Waals surface area contributed by atoms with E-state index in [1.54, 1.807) is 12.1 Å². The number of rotatable bonds is 8. The van der Waals surface area contributed by atoms with Gasteiger partial charge in [0.2, 0.25) is 0 Å². The summed E-state index contributed by atoms with van der Waals surface area (Å²) in [5.41, 5.74) is 1.99. The van der Waals surface area contributed by atoms with E-state index in [9.17, 15) is 18.3 Å². The largest absolute Gasteiger partial charge is 0.434 e. The van der Waals surface area contributed by atoms with Gasteiger partial charge in [0.15, 0.2) is 5.96 Å². The first kappa shape index (κ1) is 25.0. The Hall–Kier alpha value is -2.01. The van der Waals surface area contributed by atoms with Crippen LogP contribution in [0.4, 0.5) is 13.2 Å². The number of ether oxygens (including phenoxy) is 1. The minimum absolute atomic E-state index is 0. The normalized spacial score (nSPS) is 12.3. The maximum Gasteiger partial charge on any atom is 0.387 e. The smallest absolute Gasteiger partial charge is 0.387 e. The van der Waals surface area contributed by atoms with Gasteiger partial charge < -0.3 is 20.5 Å². The number of aliphatic hydroxyl groups is 1. The Kier molecular flexibility index (Phi) is 10.8. The summed E-state index contributed by atoms with van der Waals surface area (Å²) < 4.78 is 42.7. The van der Waals surface area contributed by atoms with Gasteiger partial charge in [0.25, 0.3) is 0 Å². The van der Waals surface area contributed by atoms with Gasteiger partial charge in [-0.25, -0.2) is 9.38 Å². The molecule has 0 aliphatic rings. The third-order valence-corrected chi connectivity index (χ3v) is 3.90. The minimum Gasteiger partial charge on any atom is -0.434 e. The van der Waals surface area contributed by atoms with Crippen molar-refractivity contribution >= 4 is 29.9 Å². The molecule has 0 fully saturated rings. The van der Waals surface area contributed by atoms with Crippen molar-refractivity contribution in [3.05, 3.63) is 65.0 Å². The zero-order valence-electron chi connectivity index (χ0n) is 16.2. The third kappa shape index (κ3) is 8.48. The Morgan fingerprint density at radius 1 is 1.14 bits per heavy atom. The number of nitrogens with zero attached hydrogens (tertiary/aromatic N) is 1. The molecule has 0 radical (unpaired) electrons. The van der Waals surface area contributed by atoms with Crippen molar-refractivity contribution in [2.24, 2.45) is 4.99 Å². The molecule has 29 heavy (non-hydrogen) atoms. The molecule has 0 aliphatic carbocycles. The Balaban J connectivity index is 0.00000420. The van der Waals surface area contributed by atoms with Gasteiger partial charge in [0.05, 0.1) is 12.6 Å². The molecule has 0 heterocycles. The van der Waals surface area contributed by atoms with Crippen LogP contribution in [0.3, 0.4) is 0 Å². The average molecular weight is 523 g/mol.